The van der Waals surface area contributed by atoms with E-state index >= 15 is 0 Å². The van der Waals surface area contributed by atoms with Crippen LogP contribution in [0, 0.1) is 5.92 Å². The highest BCUT2D eigenvalue weighted by molar-refractivity contribution is 5.66. The molecule has 0 aliphatic heterocycles. The zero-order chi connectivity index (χ0) is 8.97. The largest absolute Gasteiger partial charge is 0.462 e. The van der Waals surface area contributed by atoms with Gasteiger partial charge in [0.05, 0.1) is 0 Å². The van der Waals surface area contributed by atoms with Crippen LogP contribution in [0.1, 0.15) is 32.6 Å². The fraction of sp³-hybridized carbons (Fsp3) is 0.700. The van der Waals surface area contributed by atoms with Crippen molar-refractivity contribution in [2.75, 3.05) is 0 Å². The first-order valence-corrected chi connectivity index (χ1v) is 4.54. The van der Waals surface area contributed by atoms with Gasteiger partial charge in [-0.25, -0.2) is 0 Å². The number of carbonyl (C=O) groups is 1. The number of rotatable bonds is 2. The number of hydrogen-bond acceptors (Lipinski definition) is 2. The van der Waals surface area contributed by atoms with Crippen LogP contribution < -0.4 is 0 Å². The summed E-state index contributed by atoms with van der Waals surface area (Å²) in [6.45, 7) is 5.22. The summed E-state index contributed by atoms with van der Waals surface area (Å²) >= 11 is 0. The minimum Gasteiger partial charge on any atom is -0.462 e. The van der Waals surface area contributed by atoms with Gasteiger partial charge >= 0.3 is 5.97 Å². The van der Waals surface area contributed by atoms with Crippen molar-refractivity contribution in [2.24, 2.45) is 5.92 Å². The van der Waals surface area contributed by atoms with Gasteiger partial charge in [0.2, 0.25) is 0 Å². The van der Waals surface area contributed by atoms with E-state index in [-0.39, 0.29) is 12.1 Å². The summed E-state index contributed by atoms with van der Waals surface area (Å²) in [4.78, 5) is 10.7. The first kappa shape index (κ1) is 9.30. The lowest BCUT2D eigenvalue weighted by molar-refractivity contribution is -0.149. The minimum absolute atomic E-state index is 0.0914. The van der Waals surface area contributed by atoms with Crippen LogP contribution in [0.4, 0.5) is 0 Å². The Morgan fingerprint density at radius 3 is 2.75 bits per heavy atom. The highest BCUT2D eigenvalue weighted by atomic mass is 16.5. The second kappa shape index (κ2) is 4.29. The summed E-state index contributed by atoms with van der Waals surface area (Å²) in [6, 6.07) is 0. The quantitative estimate of drug-likeness (QED) is 0.467. The van der Waals surface area contributed by atoms with Crippen molar-refractivity contribution in [3.8, 4) is 0 Å². The molecule has 68 valence electrons. The lowest BCUT2D eigenvalue weighted by Crippen LogP contribution is -2.27. The predicted molar refractivity (Wildman–Crippen MR) is 47.7 cm³/mol. The molecule has 0 heterocycles. The summed E-state index contributed by atoms with van der Waals surface area (Å²) in [7, 11) is 0. The second-order valence-corrected chi connectivity index (χ2v) is 3.33. The Hall–Kier alpha value is -0.790. The van der Waals surface area contributed by atoms with Gasteiger partial charge in [-0.3, -0.25) is 4.79 Å². The highest BCUT2D eigenvalue weighted by Crippen LogP contribution is 2.27. The molecule has 1 rings (SSSR count). The second-order valence-electron chi connectivity index (χ2n) is 3.33. The molecule has 2 atom stereocenters. The minimum atomic E-state index is -0.172. The van der Waals surface area contributed by atoms with Crippen LogP contribution in [0.2, 0.25) is 0 Å². The maximum atomic E-state index is 10.7. The normalized spacial score (nSPS) is 29.4. The molecule has 0 spiro atoms. The highest BCUT2D eigenvalue weighted by Gasteiger charge is 2.24. The van der Waals surface area contributed by atoms with E-state index in [0.717, 1.165) is 12.8 Å². The fourth-order valence-corrected chi connectivity index (χ4v) is 1.75. The smallest absolute Gasteiger partial charge is 0.302 e. The summed E-state index contributed by atoms with van der Waals surface area (Å²) in [5.41, 5.74) is 0. The Morgan fingerprint density at radius 1 is 1.50 bits per heavy atom. The van der Waals surface area contributed by atoms with E-state index in [1.807, 2.05) is 6.08 Å². The summed E-state index contributed by atoms with van der Waals surface area (Å²) < 4.78 is 5.18. The third kappa shape index (κ3) is 2.36. The summed E-state index contributed by atoms with van der Waals surface area (Å²) in [5.74, 6) is 0.205. The molecule has 0 aromatic rings. The van der Waals surface area contributed by atoms with Gasteiger partial charge in [-0.2, -0.15) is 0 Å². The van der Waals surface area contributed by atoms with Crippen molar-refractivity contribution in [1.82, 2.24) is 0 Å². The molecule has 0 amide bonds. The van der Waals surface area contributed by atoms with Gasteiger partial charge in [-0.1, -0.05) is 12.5 Å². The van der Waals surface area contributed by atoms with Crippen LogP contribution in [-0.2, 0) is 9.53 Å². The molecule has 1 saturated carbocycles. The number of carbonyl (C=O) groups excluding carboxylic acids is 1. The molecule has 12 heavy (non-hydrogen) atoms. The average Bonchev–Trinajstić information content (AvgIpc) is 2.04. The molecule has 2 nitrogen and oxygen atoms in total. The molecule has 0 saturated heterocycles. The van der Waals surface area contributed by atoms with Gasteiger partial charge < -0.3 is 4.74 Å². The van der Waals surface area contributed by atoms with Crippen molar-refractivity contribution in [3.05, 3.63) is 12.7 Å². The Bertz CT molecular complexity index is 175. The van der Waals surface area contributed by atoms with Crippen LogP contribution in [-0.4, -0.2) is 12.1 Å². The third-order valence-electron chi connectivity index (χ3n) is 2.37. The van der Waals surface area contributed by atoms with Crippen LogP contribution in [0.25, 0.3) is 0 Å². The van der Waals surface area contributed by atoms with Gasteiger partial charge in [-0.05, 0) is 19.3 Å². The van der Waals surface area contributed by atoms with E-state index < -0.39 is 0 Å². The SMILES string of the molecule is C=C[C@H]1CCCC[C@@H]1OC(C)=O. The number of hydrogen-bond donors (Lipinski definition) is 0. The molecule has 2 heteroatoms. The molecule has 1 fully saturated rings. The van der Waals surface area contributed by atoms with Crippen molar-refractivity contribution in [1.29, 1.82) is 0 Å². The van der Waals surface area contributed by atoms with E-state index in [9.17, 15) is 4.79 Å². The molecule has 1 aliphatic carbocycles. The van der Waals surface area contributed by atoms with E-state index in [1.54, 1.807) is 0 Å². The molecule has 0 unspecified atom stereocenters. The monoisotopic (exact) mass is 168 g/mol. The Morgan fingerprint density at radius 2 is 2.17 bits per heavy atom. The molecular weight excluding hydrogens is 152 g/mol. The molecule has 0 aromatic carbocycles. The van der Waals surface area contributed by atoms with Crippen LogP contribution in [0.5, 0.6) is 0 Å². The molecule has 0 bridgehead atoms. The fourth-order valence-electron chi connectivity index (χ4n) is 1.75. The van der Waals surface area contributed by atoms with E-state index in [1.165, 1.54) is 19.8 Å². The standard InChI is InChI=1S/C10H16O2/c1-3-9-6-4-5-7-10(9)12-8(2)11/h3,9-10H,1,4-7H2,2H3/t9-,10-/m0/s1. The van der Waals surface area contributed by atoms with Crippen molar-refractivity contribution >= 4 is 5.97 Å². The number of ether oxygens (including phenoxy) is 1. The third-order valence-corrected chi connectivity index (χ3v) is 2.37. The first-order valence-electron chi connectivity index (χ1n) is 4.54. The van der Waals surface area contributed by atoms with Crippen molar-refractivity contribution in [2.45, 2.75) is 38.7 Å². The van der Waals surface area contributed by atoms with Crippen LogP contribution in [0.15, 0.2) is 12.7 Å². The van der Waals surface area contributed by atoms with Gasteiger partial charge in [0, 0.05) is 12.8 Å². The van der Waals surface area contributed by atoms with E-state index in [2.05, 4.69) is 6.58 Å². The zero-order valence-corrected chi connectivity index (χ0v) is 7.58. The topological polar surface area (TPSA) is 26.3 Å². The predicted octanol–water partition coefficient (Wildman–Crippen LogP) is 2.29. The maximum Gasteiger partial charge on any atom is 0.302 e. The zero-order valence-electron chi connectivity index (χ0n) is 7.58. The average molecular weight is 168 g/mol. The van der Waals surface area contributed by atoms with Gasteiger partial charge in [0.15, 0.2) is 0 Å². The Labute approximate surface area is 73.6 Å². The summed E-state index contributed by atoms with van der Waals surface area (Å²) in [5, 5.41) is 0. The van der Waals surface area contributed by atoms with Crippen molar-refractivity contribution in [3.63, 3.8) is 0 Å². The lowest BCUT2D eigenvalue weighted by Gasteiger charge is -2.28. The molecule has 1 aliphatic rings. The molecular formula is C10H16O2. The van der Waals surface area contributed by atoms with Crippen LogP contribution in [0.3, 0.4) is 0 Å². The van der Waals surface area contributed by atoms with Crippen LogP contribution >= 0.6 is 0 Å². The van der Waals surface area contributed by atoms with E-state index in [4.69, 9.17) is 4.74 Å². The molecule has 0 N–H and O–H groups in total. The van der Waals surface area contributed by atoms with Gasteiger partial charge in [-0.15, -0.1) is 6.58 Å². The van der Waals surface area contributed by atoms with Gasteiger partial charge in [0.1, 0.15) is 6.10 Å². The first-order chi connectivity index (χ1) is 5.74. The maximum absolute atomic E-state index is 10.7. The Balaban J connectivity index is 2.46. The van der Waals surface area contributed by atoms with Crippen molar-refractivity contribution < 1.29 is 9.53 Å². The van der Waals surface area contributed by atoms with Gasteiger partial charge in [0.25, 0.3) is 0 Å². The Kier molecular flexibility index (Phi) is 3.32. The molecule has 0 radical (unpaired) electrons. The summed E-state index contributed by atoms with van der Waals surface area (Å²) in [6.07, 6.45) is 6.51. The molecule has 0 aromatic heterocycles. The number of esters is 1. The van der Waals surface area contributed by atoms with E-state index in [0.29, 0.717) is 5.92 Å². The lowest BCUT2D eigenvalue weighted by atomic mass is 9.86.